The molecule has 3 aliphatic rings. The molecule has 0 radical (unpaired) electrons. The van der Waals surface area contributed by atoms with Gasteiger partial charge < -0.3 is 24.4 Å². The smallest absolute Gasteiger partial charge is 0.296 e. The van der Waals surface area contributed by atoms with Gasteiger partial charge >= 0.3 is 0 Å². The fraction of sp³-hybridized carbons (Fsp3) is 0.613. The summed E-state index contributed by atoms with van der Waals surface area (Å²) >= 11 is 0. The Morgan fingerprint density at radius 3 is 2.39 bits per heavy atom. The van der Waals surface area contributed by atoms with Gasteiger partial charge in [-0.25, -0.2) is 13.8 Å². The van der Waals surface area contributed by atoms with Crippen molar-refractivity contribution in [1.82, 2.24) is 29.7 Å². The second-order valence-corrected chi connectivity index (χ2v) is 12.3. The number of aromatic nitrogens is 4. The second kappa shape index (κ2) is 13.3. The standard InChI is InChI=1S/C31H41F2N7O4/c1-31(2,39-13-17-43-18-14-39)20-34-29(41)21-7-9-22(10-8-21)44-26-19-25(36-30(37-26)38-11-15-42-16-12-38)40-24-6-4-3-5-23(24)35-28(40)27(32)33/h3-6,19,21-22,27H,7-18,20H2,1-2H3,(H,34,41). The van der Waals surface area contributed by atoms with Crippen molar-refractivity contribution in [2.45, 2.75) is 57.6 Å². The van der Waals surface area contributed by atoms with Crippen LogP contribution in [0, 0.1) is 5.92 Å². The molecule has 0 unspecified atom stereocenters. The van der Waals surface area contributed by atoms with Gasteiger partial charge in [-0.15, -0.1) is 0 Å². The summed E-state index contributed by atoms with van der Waals surface area (Å²) in [6.07, 6.45) is -0.178. The van der Waals surface area contributed by atoms with Crippen molar-refractivity contribution in [2.24, 2.45) is 5.92 Å². The first kappa shape index (κ1) is 30.6. The Labute approximate surface area is 255 Å². The average molecular weight is 614 g/mol. The topological polar surface area (TPSA) is 107 Å². The number of halogens is 2. The molecular formula is C31H41F2N7O4. The Morgan fingerprint density at radius 2 is 1.68 bits per heavy atom. The molecule has 44 heavy (non-hydrogen) atoms. The number of carbonyl (C=O) groups excluding carboxylic acids is 1. The zero-order valence-electron chi connectivity index (χ0n) is 25.4. The number of morpholine rings is 2. The lowest BCUT2D eigenvalue weighted by Gasteiger charge is -2.41. The van der Waals surface area contributed by atoms with Gasteiger partial charge in [0.1, 0.15) is 11.9 Å². The van der Waals surface area contributed by atoms with Gasteiger partial charge in [0.05, 0.1) is 37.5 Å². The number of anilines is 1. The Morgan fingerprint density at radius 1 is 1.00 bits per heavy atom. The molecule has 2 aliphatic heterocycles. The minimum Gasteiger partial charge on any atom is -0.474 e. The fourth-order valence-corrected chi connectivity index (χ4v) is 6.25. The summed E-state index contributed by atoms with van der Waals surface area (Å²) in [6, 6.07) is 8.62. The van der Waals surface area contributed by atoms with Crippen LogP contribution < -0.4 is 15.0 Å². The highest BCUT2D eigenvalue weighted by Gasteiger charge is 2.32. The normalized spacial score (nSPS) is 22.0. The van der Waals surface area contributed by atoms with Crippen LogP contribution in [0.25, 0.3) is 16.9 Å². The zero-order valence-corrected chi connectivity index (χ0v) is 25.4. The molecule has 2 saturated heterocycles. The summed E-state index contributed by atoms with van der Waals surface area (Å²) in [7, 11) is 0. The summed E-state index contributed by atoms with van der Waals surface area (Å²) in [5.41, 5.74) is 0.846. The SMILES string of the molecule is CC(C)(CNC(=O)C1CCC(Oc2cc(-n3c(C(F)F)nc4ccccc43)nc(N3CCOCC3)n2)CC1)N1CCOCC1. The van der Waals surface area contributed by atoms with Crippen molar-refractivity contribution < 1.29 is 27.8 Å². The summed E-state index contributed by atoms with van der Waals surface area (Å²) in [5.74, 6) is 0.606. The van der Waals surface area contributed by atoms with Crippen LogP contribution >= 0.6 is 0 Å². The van der Waals surface area contributed by atoms with E-state index in [0.29, 0.717) is 81.4 Å². The summed E-state index contributed by atoms with van der Waals surface area (Å²) in [5, 5.41) is 3.18. The molecule has 1 aromatic carbocycles. The molecule has 4 heterocycles. The summed E-state index contributed by atoms with van der Waals surface area (Å²) in [4.78, 5) is 31.0. The molecule has 0 spiro atoms. The number of ether oxygens (including phenoxy) is 3. The molecule has 1 amide bonds. The van der Waals surface area contributed by atoms with Crippen molar-refractivity contribution in [3.63, 3.8) is 0 Å². The van der Waals surface area contributed by atoms with Crippen LogP contribution in [0.4, 0.5) is 14.7 Å². The van der Waals surface area contributed by atoms with E-state index >= 15 is 0 Å². The monoisotopic (exact) mass is 613 g/mol. The van der Waals surface area contributed by atoms with Gasteiger partial charge in [-0.05, 0) is 51.7 Å². The van der Waals surface area contributed by atoms with Crippen molar-refractivity contribution >= 4 is 22.9 Å². The first-order valence-electron chi connectivity index (χ1n) is 15.5. The van der Waals surface area contributed by atoms with E-state index in [-0.39, 0.29) is 35.1 Å². The van der Waals surface area contributed by atoms with E-state index in [2.05, 4.69) is 29.0 Å². The number of hydrogen-bond acceptors (Lipinski definition) is 9. The molecule has 0 atom stereocenters. The van der Waals surface area contributed by atoms with Gasteiger partial charge in [0.2, 0.25) is 17.7 Å². The lowest BCUT2D eigenvalue weighted by atomic mass is 9.86. The molecule has 0 bridgehead atoms. The van der Waals surface area contributed by atoms with Crippen LogP contribution in [0.1, 0.15) is 51.8 Å². The maximum absolute atomic E-state index is 14.2. The third-order valence-electron chi connectivity index (χ3n) is 8.88. The van der Waals surface area contributed by atoms with Crippen LogP contribution in [0.3, 0.4) is 0 Å². The Bertz CT molecular complexity index is 1430. The van der Waals surface area contributed by atoms with Crippen molar-refractivity contribution in [3.8, 4) is 11.7 Å². The first-order chi connectivity index (χ1) is 21.3. The number of nitrogens with zero attached hydrogens (tertiary/aromatic N) is 6. The first-order valence-corrected chi connectivity index (χ1v) is 15.5. The molecule has 3 aromatic rings. The van der Waals surface area contributed by atoms with Gasteiger partial charge in [0, 0.05) is 50.2 Å². The fourth-order valence-electron chi connectivity index (χ4n) is 6.25. The number of benzene rings is 1. The number of amides is 1. The van der Waals surface area contributed by atoms with E-state index in [0.717, 1.165) is 26.3 Å². The Kier molecular flexibility index (Phi) is 9.24. The lowest BCUT2D eigenvalue weighted by Crippen LogP contribution is -2.56. The van der Waals surface area contributed by atoms with Gasteiger partial charge in [-0.3, -0.25) is 14.3 Å². The molecule has 3 fully saturated rings. The minimum absolute atomic E-state index is 0.0777. The summed E-state index contributed by atoms with van der Waals surface area (Å²) < 4.78 is 47.1. The molecule has 11 nitrogen and oxygen atoms in total. The predicted molar refractivity (Wildman–Crippen MR) is 161 cm³/mol. The van der Waals surface area contributed by atoms with E-state index in [4.69, 9.17) is 24.2 Å². The number of imidazole rings is 1. The van der Waals surface area contributed by atoms with Crippen LogP contribution in [-0.4, -0.2) is 101 Å². The predicted octanol–water partition coefficient (Wildman–Crippen LogP) is 3.75. The molecule has 2 aromatic heterocycles. The van der Waals surface area contributed by atoms with Gasteiger partial charge in [0.15, 0.2) is 5.82 Å². The van der Waals surface area contributed by atoms with Gasteiger partial charge in [-0.1, -0.05) is 12.1 Å². The number of para-hydroxylation sites is 2. The van der Waals surface area contributed by atoms with E-state index < -0.39 is 6.43 Å². The molecule has 238 valence electrons. The van der Waals surface area contributed by atoms with Gasteiger partial charge in [0.25, 0.3) is 6.43 Å². The van der Waals surface area contributed by atoms with Crippen LogP contribution in [0.15, 0.2) is 30.3 Å². The highest BCUT2D eigenvalue weighted by Crippen LogP contribution is 2.32. The second-order valence-electron chi connectivity index (χ2n) is 12.3. The van der Waals surface area contributed by atoms with Crippen molar-refractivity contribution in [3.05, 3.63) is 36.2 Å². The van der Waals surface area contributed by atoms with Gasteiger partial charge in [-0.2, -0.15) is 9.97 Å². The quantitative estimate of drug-likeness (QED) is 0.386. The number of fused-ring (bicyclic) bond motifs is 1. The van der Waals surface area contributed by atoms with E-state index in [1.807, 2.05) is 4.90 Å². The summed E-state index contributed by atoms with van der Waals surface area (Å²) in [6.45, 7) is 10.3. The maximum Gasteiger partial charge on any atom is 0.296 e. The number of hydrogen-bond donors (Lipinski definition) is 1. The van der Waals surface area contributed by atoms with Crippen LogP contribution in [0.2, 0.25) is 0 Å². The molecule has 1 saturated carbocycles. The van der Waals surface area contributed by atoms with E-state index in [1.54, 1.807) is 30.3 Å². The Balaban J connectivity index is 1.16. The molecule has 6 rings (SSSR count). The highest BCUT2D eigenvalue weighted by atomic mass is 19.3. The van der Waals surface area contributed by atoms with Crippen LogP contribution in [0.5, 0.6) is 5.88 Å². The van der Waals surface area contributed by atoms with Crippen molar-refractivity contribution in [1.29, 1.82) is 0 Å². The lowest BCUT2D eigenvalue weighted by molar-refractivity contribution is -0.127. The molecule has 1 aliphatic carbocycles. The number of rotatable bonds is 9. The molecule has 1 N–H and O–H groups in total. The average Bonchev–Trinajstić information content (AvgIpc) is 3.45. The highest BCUT2D eigenvalue weighted by molar-refractivity contribution is 5.79. The largest absolute Gasteiger partial charge is 0.474 e. The number of alkyl halides is 2. The van der Waals surface area contributed by atoms with Crippen molar-refractivity contribution in [2.75, 3.05) is 64.1 Å². The van der Waals surface area contributed by atoms with Crippen LogP contribution in [-0.2, 0) is 14.3 Å². The maximum atomic E-state index is 14.2. The number of carbonyl (C=O) groups is 1. The van der Waals surface area contributed by atoms with E-state index in [9.17, 15) is 13.6 Å². The zero-order chi connectivity index (χ0) is 30.7. The molecular weight excluding hydrogens is 572 g/mol. The third-order valence-corrected chi connectivity index (χ3v) is 8.88. The third kappa shape index (κ3) is 6.79. The number of nitrogens with one attached hydrogen (secondary N) is 1. The Hall–Kier alpha value is -3.42. The van der Waals surface area contributed by atoms with E-state index in [1.165, 1.54) is 4.57 Å². The molecule has 13 heteroatoms. The minimum atomic E-state index is -2.80.